The van der Waals surface area contributed by atoms with Crippen molar-refractivity contribution in [2.75, 3.05) is 0 Å². The normalized spacial score (nSPS) is 16.2. The lowest BCUT2D eigenvalue weighted by Gasteiger charge is -2.21. The molecule has 0 aliphatic heterocycles. The number of nitrogens with zero attached hydrogens (tertiary/aromatic N) is 3. The summed E-state index contributed by atoms with van der Waals surface area (Å²) in [6, 6.07) is 20.9. The van der Waals surface area contributed by atoms with Crippen LogP contribution >= 0.6 is 23.8 Å². The van der Waals surface area contributed by atoms with Crippen LogP contribution in [0.1, 0.15) is 38.1 Å². The van der Waals surface area contributed by atoms with Crippen LogP contribution in [0, 0.1) is 4.77 Å². The van der Waals surface area contributed by atoms with E-state index in [1.165, 1.54) is 32.1 Å². The topological polar surface area (TPSA) is 22.2 Å². The van der Waals surface area contributed by atoms with Crippen LogP contribution in [-0.4, -0.2) is 8.52 Å². The fourth-order valence-electron chi connectivity index (χ4n) is 3.38. The number of aromatic nitrogens is 2. The van der Waals surface area contributed by atoms with Gasteiger partial charge in [-0.15, -0.1) is 0 Å². The molecule has 2 aromatic carbocycles. The predicted molar refractivity (Wildman–Crippen MR) is 106 cm³/mol. The van der Waals surface area contributed by atoms with Crippen LogP contribution in [0.3, 0.4) is 0 Å². The number of hydrogen-bond acceptors (Lipinski definition) is 3. The lowest BCUT2D eigenvalue weighted by Crippen LogP contribution is -2.13. The molecule has 0 N–H and O–H groups in total. The summed E-state index contributed by atoms with van der Waals surface area (Å²) < 4.78 is 5.28. The quantitative estimate of drug-likeness (QED) is 0.536. The minimum atomic E-state index is 0.515. The Morgan fingerprint density at radius 3 is 2.20 bits per heavy atom. The second-order valence-corrected chi connectivity index (χ2v) is 7.70. The Morgan fingerprint density at radius 1 is 0.880 bits per heavy atom. The Labute approximate surface area is 157 Å². The first-order valence-electron chi connectivity index (χ1n) is 8.83. The first-order valence-corrected chi connectivity index (χ1v) is 10.0. The van der Waals surface area contributed by atoms with Gasteiger partial charge in [0.05, 0.1) is 11.4 Å². The molecule has 1 heterocycles. The predicted octanol–water partition coefficient (Wildman–Crippen LogP) is 5.81. The van der Waals surface area contributed by atoms with E-state index in [0.717, 1.165) is 20.9 Å². The van der Waals surface area contributed by atoms with Crippen molar-refractivity contribution in [2.45, 2.75) is 38.1 Å². The van der Waals surface area contributed by atoms with Crippen molar-refractivity contribution in [3.63, 3.8) is 0 Å². The molecule has 0 bridgehead atoms. The van der Waals surface area contributed by atoms with Crippen molar-refractivity contribution < 1.29 is 0 Å². The smallest absolute Gasteiger partial charge is 0.213 e. The van der Waals surface area contributed by atoms with E-state index in [1.807, 2.05) is 48.5 Å². The molecule has 4 rings (SSSR count). The summed E-state index contributed by atoms with van der Waals surface area (Å²) in [6.07, 6.45) is 6.36. The summed E-state index contributed by atoms with van der Waals surface area (Å²) in [7, 11) is 0. The van der Waals surface area contributed by atoms with Gasteiger partial charge in [-0.2, -0.15) is 0 Å². The molecule has 0 saturated heterocycles. The van der Waals surface area contributed by atoms with Gasteiger partial charge in [0.1, 0.15) is 0 Å². The molecule has 0 unspecified atom stereocenters. The van der Waals surface area contributed by atoms with E-state index in [1.54, 1.807) is 11.5 Å². The zero-order valence-corrected chi connectivity index (χ0v) is 15.7. The monoisotopic (exact) mass is 367 g/mol. The molecule has 1 aliphatic carbocycles. The molecule has 3 aromatic rings. The third kappa shape index (κ3) is 3.53. The average molecular weight is 368 g/mol. The highest BCUT2D eigenvalue weighted by atomic mass is 32.1. The van der Waals surface area contributed by atoms with Crippen molar-refractivity contribution in [2.24, 2.45) is 4.99 Å². The number of para-hydroxylation sites is 2. The van der Waals surface area contributed by atoms with E-state index in [4.69, 9.17) is 17.2 Å². The average Bonchev–Trinajstić information content (AvgIpc) is 3.00. The molecule has 3 nitrogen and oxygen atoms in total. The molecular weight excluding hydrogens is 346 g/mol. The lowest BCUT2D eigenvalue weighted by atomic mass is 9.96. The van der Waals surface area contributed by atoms with Crippen LogP contribution in [0.25, 0.3) is 5.69 Å². The van der Waals surface area contributed by atoms with Gasteiger partial charge in [0.25, 0.3) is 0 Å². The van der Waals surface area contributed by atoms with E-state index in [0.29, 0.717) is 6.04 Å². The summed E-state index contributed by atoms with van der Waals surface area (Å²) in [5, 5.41) is 0. The third-order valence-electron chi connectivity index (χ3n) is 4.65. The van der Waals surface area contributed by atoms with Crippen LogP contribution in [0.5, 0.6) is 0 Å². The minimum Gasteiger partial charge on any atom is -0.267 e. The van der Waals surface area contributed by atoms with Gasteiger partial charge in [0.15, 0.2) is 4.77 Å². The Morgan fingerprint density at radius 2 is 1.52 bits per heavy atom. The van der Waals surface area contributed by atoms with Gasteiger partial charge in [0, 0.05) is 6.04 Å². The Bertz CT molecular complexity index is 946. The van der Waals surface area contributed by atoms with E-state index in [2.05, 4.69) is 20.7 Å². The highest BCUT2D eigenvalue weighted by Gasteiger charge is 2.19. The maximum atomic E-state index is 5.87. The van der Waals surface area contributed by atoms with Crippen molar-refractivity contribution in [1.82, 2.24) is 8.52 Å². The van der Waals surface area contributed by atoms with Crippen molar-refractivity contribution in [3.8, 4) is 5.69 Å². The van der Waals surface area contributed by atoms with Crippen LogP contribution in [0.2, 0.25) is 0 Å². The van der Waals surface area contributed by atoms with Crippen molar-refractivity contribution >= 4 is 29.4 Å². The first-order chi connectivity index (χ1) is 12.3. The molecule has 0 radical (unpaired) electrons. The zero-order valence-electron chi connectivity index (χ0n) is 14.0. The van der Waals surface area contributed by atoms with Gasteiger partial charge in [-0.1, -0.05) is 55.7 Å². The van der Waals surface area contributed by atoms with E-state index >= 15 is 0 Å². The summed E-state index contributed by atoms with van der Waals surface area (Å²) in [6.45, 7) is 0. The lowest BCUT2D eigenvalue weighted by molar-refractivity contribution is 0.365. The minimum absolute atomic E-state index is 0.515. The van der Waals surface area contributed by atoms with Gasteiger partial charge in [0.2, 0.25) is 4.80 Å². The van der Waals surface area contributed by atoms with Gasteiger partial charge in [-0.3, -0.25) is 8.52 Å². The largest absolute Gasteiger partial charge is 0.267 e. The van der Waals surface area contributed by atoms with Gasteiger partial charge in [-0.25, -0.2) is 4.99 Å². The standard InChI is InChI=1S/C20H21N3S2/c24-20-22(17-12-6-2-7-13-17)19(21-16-10-4-1-5-11-16)25-23(20)18-14-8-3-9-15-18/h1-2,4-7,10-13,18H,3,8-9,14-15H2. The second kappa shape index (κ2) is 7.50. The zero-order chi connectivity index (χ0) is 17.1. The van der Waals surface area contributed by atoms with Crippen molar-refractivity contribution in [1.29, 1.82) is 0 Å². The van der Waals surface area contributed by atoms with Crippen LogP contribution < -0.4 is 4.80 Å². The number of benzene rings is 2. The fourth-order valence-corrected chi connectivity index (χ4v) is 5.00. The fraction of sp³-hybridized carbons (Fsp3) is 0.300. The Kier molecular flexibility index (Phi) is 4.95. The molecule has 5 heteroatoms. The van der Waals surface area contributed by atoms with E-state index in [9.17, 15) is 0 Å². The summed E-state index contributed by atoms with van der Waals surface area (Å²) >= 11 is 7.56. The molecule has 1 aliphatic rings. The SMILES string of the molecule is S=c1n(C2CCCCC2)sc(=Nc2ccccc2)n1-c1ccccc1. The molecule has 0 atom stereocenters. The maximum Gasteiger partial charge on any atom is 0.213 e. The molecule has 1 saturated carbocycles. The third-order valence-corrected chi connectivity index (χ3v) is 6.25. The van der Waals surface area contributed by atoms with Crippen LogP contribution in [-0.2, 0) is 0 Å². The van der Waals surface area contributed by atoms with E-state index in [-0.39, 0.29) is 0 Å². The Hall–Kier alpha value is -1.98. The van der Waals surface area contributed by atoms with Crippen LogP contribution in [0.15, 0.2) is 65.7 Å². The second-order valence-electron chi connectivity index (χ2n) is 6.39. The summed E-state index contributed by atoms with van der Waals surface area (Å²) in [5.41, 5.74) is 2.03. The number of rotatable bonds is 3. The van der Waals surface area contributed by atoms with Gasteiger partial charge < -0.3 is 0 Å². The highest BCUT2D eigenvalue weighted by Crippen LogP contribution is 2.29. The first kappa shape index (κ1) is 16.5. The molecule has 1 fully saturated rings. The summed E-state index contributed by atoms with van der Waals surface area (Å²) in [5.74, 6) is 0. The molecule has 1 aromatic heterocycles. The van der Waals surface area contributed by atoms with E-state index < -0.39 is 0 Å². The highest BCUT2D eigenvalue weighted by molar-refractivity contribution is 7.71. The molecule has 128 valence electrons. The van der Waals surface area contributed by atoms with Crippen molar-refractivity contribution in [3.05, 3.63) is 70.2 Å². The summed E-state index contributed by atoms with van der Waals surface area (Å²) in [4.78, 5) is 5.83. The maximum absolute atomic E-state index is 5.87. The Balaban J connectivity index is 1.90. The van der Waals surface area contributed by atoms with Gasteiger partial charge in [-0.05, 0) is 60.9 Å². The molecule has 0 amide bonds. The molecule has 25 heavy (non-hydrogen) atoms. The van der Waals surface area contributed by atoms with Gasteiger partial charge >= 0.3 is 0 Å². The number of hydrogen-bond donors (Lipinski definition) is 0. The van der Waals surface area contributed by atoms with Crippen LogP contribution in [0.4, 0.5) is 5.69 Å². The molecular formula is C20H21N3S2. The molecule has 0 spiro atoms.